The third-order valence-corrected chi connectivity index (χ3v) is 5.36. The minimum atomic E-state index is -1.57. The number of nitrogens with zero attached hydrogens (tertiary/aromatic N) is 1. The van der Waals surface area contributed by atoms with Crippen LogP contribution in [0.5, 0.6) is 0 Å². The lowest BCUT2D eigenvalue weighted by atomic mass is 9.99. The lowest BCUT2D eigenvalue weighted by molar-refractivity contribution is -0.156. The number of aliphatic hydroxyl groups excluding tert-OH is 1. The van der Waals surface area contributed by atoms with Gasteiger partial charge in [-0.05, 0) is 23.6 Å². The van der Waals surface area contributed by atoms with E-state index >= 15 is 0 Å². The second kappa shape index (κ2) is 7.37. The first-order valence-corrected chi connectivity index (χ1v) is 9.38. The van der Waals surface area contributed by atoms with Gasteiger partial charge in [0.2, 0.25) is 0 Å². The molecule has 0 radical (unpaired) electrons. The molecule has 1 aromatic carbocycles. The van der Waals surface area contributed by atoms with Crippen LogP contribution in [0, 0.1) is 17.5 Å². The summed E-state index contributed by atoms with van der Waals surface area (Å²) in [6.07, 6.45) is 3.37. The van der Waals surface area contributed by atoms with Crippen LogP contribution in [-0.4, -0.2) is 28.3 Å². The van der Waals surface area contributed by atoms with Gasteiger partial charge < -0.3 is 9.84 Å². The molecule has 4 nitrogen and oxygen atoms in total. The van der Waals surface area contributed by atoms with Gasteiger partial charge in [-0.25, -0.2) is 13.2 Å². The third kappa shape index (κ3) is 3.41. The van der Waals surface area contributed by atoms with Crippen molar-refractivity contribution in [1.82, 2.24) is 4.98 Å². The monoisotopic (exact) mass is 405 g/mol. The molecule has 0 bridgehead atoms. The van der Waals surface area contributed by atoms with E-state index in [1.165, 1.54) is 17.5 Å². The van der Waals surface area contributed by atoms with Crippen molar-refractivity contribution in [3.05, 3.63) is 58.9 Å². The molecule has 1 N–H and O–H groups in total. The number of benzene rings is 1. The molecule has 0 aliphatic carbocycles. The van der Waals surface area contributed by atoms with Crippen LogP contribution in [0.4, 0.5) is 13.2 Å². The molecule has 4 rings (SSSR count). The summed E-state index contributed by atoms with van der Waals surface area (Å²) < 4.78 is 46.9. The van der Waals surface area contributed by atoms with Gasteiger partial charge in [0.1, 0.15) is 11.6 Å². The summed E-state index contributed by atoms with van der Waals surface area (Å²) in [6, 6.07) is 4.49. The van der Waals surface area contributed by atoms with Gasteiger partial charge in [-0.3, -0.25) is 9.78 Å². The van der Waals surface area contributed by atoms with Crippen molar-refractivity contribution in [2.45, 2.75) is 25.0 Å². The predicted octanol–water partition coefficient (Wildman–Crippen LogP) is 4.46. The molecule has 1 aliphatic heterocycles. The highest BCUT2D eigenvalue weighted by Crippen LogP contribution is 2.37. The molecule has 1 aliphatic rings. The minimum absolute atomic E-state index is 0.0492. The zero-order valence-electron chi connectivity index (χ0n) is 14.4. The van der Waals surface area contributed by atoms with E-state index in [0.29, 0.717) is 11.1 Å². The maximum atomic E-state index is 14.2. The number of halogens is 3. The Labute approximate surface area is 161 Å². The molecular weight excluding hydrogens is 391 g/mol. The fraction of sp³-hybridized carbons (Fsp3) is 0.200. The van der Waals surface area contributed by atoms with Gasteiger partial charge in [0, 0.05) is 34.0 Å². The molecule has 8 heteroatoms. The van der Waals surface area contributed by atoms with Crippen molar-refractivity contribution in [2.75, 3.05) is 0 Å². The molecule has 3 aromatic rings. The zero-order chi connectivity index (χ0) is 19.8. The second-order valence-corrected chi connectivity index (χ2v) is 7.38. The van der Waals surface area contributed by atoms with Gasteiger partial charge in [0.15, 0.2) is 17.5 Å². The van der Waals surface area contributed by atoms with E-state index in [9.17, 15) is 23.1 Å². The Kier molecular flexibility index (Phi) is 4.91. The number of ether oxygens (including phenoxy) is 1. The van der Waals surface area contributed by atoms with E-state index in [-0.39, 0.29) is 23.7 Å². The number of thiophene rings is 1. The number of pyridine rings is 1. The normalized spacial score (nSPS) is 20.1. The number of carbonyl (C=O) groups excluding carboxylic acids is 1. The number of esters is 1. The van der Waals surface area contributed by atoms with E-state index in [0.717, 1.165) is 10.9 Å². The molecule has 0 saturated carbocycles. The van der Waals surface area contributed by atoms with Gasteiger partial charge in [0.25, 0.3) is 0 Å². The highest BCUT2D eigenvalue weighted by molar-refractivity contribution is 7.13. The van der Waals surface area contributed by atoms with E-state index in [4.69, 9.17) is 4.74 Å². The third-order valence-electron chi connectivity index (χ3n) is 4.47. The Morgan fingerprint density at radius 2 is 2.11 bits per heavy atom. The summed E-state index contributed by atoms with van der Waals surface area (Å²) in [4.78, 5) is 16.2. The molecule has 2 atom stereocenters. The van der Waals surface area contributed by atoms with Gasteiger partial charge in [-0.1, -0.05) is 12.1 Å². The quantitative estimate of drug-likeness (QED) is 0.516. The molecular formula is C20H14F3NO3S. The fourth-order valence-electron chi connectivity index (χ4n) is 3.22. The van der Waals surface area contributed by atoms with Crippen LogP contribution < -0.4 is 0 Å². The summed E-state index contributed by atoms with van der Waals surface area (Å²) in [5.41, 5.74) is 0.757. The van der Waals surface area contributed by atoms with Crippen LogP contribution in [-0.2, 0) is 9.53 Å². The first-order valence-electron chi connectivity index (χ1n) is 8.50. The number of rotatable bonds is 3. The number of aromatic nitrogens is 1. The Hall–Kier alpha value is -2.71. The van der Waals surface area contributed by atoms with Crippen molar-refractivity contribution >= 4 is 34.3 Å². The van der Waals surface area contributed by atoms with Crippen molar-refractivity contribution in [2.24, 2.45) is 0 Å². The van der Waals surface area contributed by atoms with Crippen LogP contribution in [0.25, 0.3) is 27.4 Å². The van der Waals surface area contributed by atoms with Crippen LogP contribution in [0.1, 0.15) is 18.4 Å². The number of hydrogen-bond acceptors (Lipinski definition) is 5. The van der Waals surface area contributed by atoms with Crippen molar-refractivity contribution in [3.8, 4) is 10.4 Å². The lowest BCUT2D eigenvalue weighted by Crippen LogP contribution is -2.31. The smallest absolute Gasteiger partial charge is 0.309 e. The molecule has 144 valence electrons. The van der Waals surface area contributed by atoms with E-state index < -0.39 is 35.6 Å². The van der Waals surface area contributed by atoms with Crippen LogP contribution >= 0.6 is 11.3 Å². The first-order chi connectivity index (χ1) is 13.4. The zero-order valence-corrected chi connectivity index (χ0v) is 15.2. The van der Waals surface area contributed by atoms with E-state index in [1.54, 1.807) is 24.3 Å². The average molecular weight is 405 g/mol. The predicted molar refractivity (Wildman–Crippen MR) is 99.1 cm³/mol. The average Bonchev–Trinajstić information content (AvgIpc) is 3.17. The Morgan fingerprint density at radius 1 is 1.29 bits per heavy atom. The number of cyclic esters (lactones) is 1. The van der Waals surface area contributed by atoms with E-state index in [1.807, 2.05) is 5.38 Å². The Balaban J connectivity index is 1.84. The minimum Gasteiger partial charge on any atom is -0.458 e. The SMILES string of the molecule is O=C1C[C@H](O)C[C@@H](/C=C/c2cnc3c(F)c(F)c(F)cc3c2-c2cccs2)O1. The largest absolute Gasteiger partial charge is 0.458 e. The van der Waals surface area contributed by atoms with Crippen LogP contribution in [0.3, 0.4) is 0 Å². The number of fused-ring (bicyclic) bond motifs is 1. The maximum Gasteiger partial charge on any atom is 0.309 e. The summed E-state index contributed by atoms with van der Waals surface area (Å²) in [6.45, 7) is 0. The Morgan fingerprint density at radius 3 is 2.82 bits per heavy atom. The molecule has 3 heterocycles. The van der Waals surface area contributed by atoms with Gasteiger partial charge >= 0.3 is 5.97 Å². The van der Waals surface area contributed by atoms with Crippen molar-refractivity contribution in [1.29, 1.82) is 0 Å². The summed E-state index contributed by atoms with van der Waals surface area (Å²) in [5.74, 6) is -4.70. The molecule has 0 unspecified atom stereocenters. The standard InChI is InChI=1S/C20H14F3NO3S/c21-14-8-13-17(15-2-1-5-28-15)10(9-24-20(13)19(23)18(14)22)3-4-12-6-11(25)7-16(26)27-12/h1-5,8-9,11-12,25H,6-7H2/b4-3+/t11-,12-/m1/s1. The topological polar surface area (TPSA) is 59.4 Å². The first kappa shape index (κ1) is 18.6. The van der Waals surface area contributed by atoms with Gasteiger partial charge in [-0.15, -0.1) is 11.3 Å². The number of carbonyl (C=O) groups is 1. The molecule has 2 aromatic heterocycles. The van der Waals surface area contributed by atoms with Gasteiger partial charge in [-0.2, -0.15) is 0 Å². The fourth-order valence-corrected chi connectivity index (χ4v) is 4.02. The van der Waals surface area contributed by atoms with Crippen molar-refractivity contribution in [3.63, 3.8) is 0 Å². The summed E-state index contributed by atoms with van der Waals surface area (Å²) in [5, 5.41) is 11.7. The summed E-state index contributed by atoms with van der Waals surface area (Å²) in [7, 11) is 0. The molecule has 0 spiro atoms. The second-order valence-electron chi connectivity index (χ2n) is 6.43. The van der Waals surface area contributed by atoms with Crippen molar-refractivity contribution < 1.29 is 27.8 Å². The van der Waals surface area contributed by atoms with E-state index in [2.05, 4.69) is 4.98 Å². The number of hydrogen-bond donors (Lipinski definition) is 1. The van der Waals surface area contributed by atoms with Crippen LogP contribution in [0.2, 0.25) is 0 Å². The highest BCUT2D eigenvalue weighted by atomic mass is 32.1. The van der Waals surface area contributed by atoms with Crippen LogP contribution in [0.15, 0.2) is 35.9 Å². The highest BCUT2D eigenvalue weighted by Gasteiger charge is 2.25. The molecule has 1 fully saturated rings. The lowest BCUT2D eigenvalue weighted by Gasteiger charge is -2.23. The Bertz CT molecular complexity index is 1080. The molecule has 28 heavy (non-hydrogen) atoms. The summed E-state index contributed by atoms with van der Waals surface area (Å²) >= 11 is 1.36. The number of aliphatic hydroxyl groups is 1. The van der Waals surface area contributed by atoms with Gasteiger partial charge in [0.05, 0.1) is 12.5 Å². The molecule has 1 saturated heterocycles. The molecule has 0 amide bonds. The maximum absolute atomic E-state index is 14.2.